The smallest absolute Gasteiger partial charge is 0.216 e. The summed E-state index contributed by atoms with van der Waals surface area (Å²) in [5.74, 6) is 1.21. The van der Waals surface area contributed by atoms with Gasteiger partial charge < -0.3 is 4.74 Å². The van der Waals surface area contributed by atoms with Crippen LogP contribution in [0.4, 0.5) is 0 Å². The molecule has 1 aliphatic carbocycles. The van der Waals surface area contributed by atoms with Crippen molar-refractivity contribution in [1.82, 2.24) is 14.6 Å². The van der Waals surface area contributed by atoms with Gasteiger partial charge in [0.25, 0.3) is 0 Å². The Hall–Kier alpha value is -1.91. The molecular weight excluding hydrogens is 218 g/mol. The SMILES string of the molecule is CC(=O)c1cnn2ccc(OCC3CC3)nc12. The maximum Gasteiger partial charge on any atom is 0.216 e. The molecular formula is C12H13N3O2. The topological polar surface area (TPSA) is 56.5 Å². The van der Waals surface area contributed by atoms with Crippen LogP contribution in [0.2, 0.25) is 0 Å². The van der Waals surface area contributed by atoms with E-state index >= 15 is 0 Å². The standard InChI is InChI=1S/C12H13N3O2/c1-8(16)10-6-13-15-5-4-11(14-12(10)15)17-7-9-2-3-9/h4-6,9H,2-3,7H2,1H3. The van der Waals surface area contributed by atoms with Crippen LogP contribution < -0.4 is 4.74 Å². The summed E-state index contributed by atoms with van der Waals surface area (Å²) in [6.45, 7) is 2.23. The molecule has 0 N–H and O–H groups in total. The summed E-state index contributed by atoms with van der Waals surface area (Å²) in [5, 5.41) is 4.07. The number of ether oxygens (including phenoxy) is 1. The second-order valence-electron chi connectivity index (χ2n) is 4.40. The normalized spacial score (nSPS) is 15.1. The summed E-state index contributed by atoms with van der Waals surface area (Å²) in [6.07, 6.45) is 5.79. The number of fused-ring (bicyclic) bond motifs is 1. The number of hydrogen-bond acceptors (Lipinski definition) is 4. The van der Waals surface area contributed by atoms with Gasteiger partial charge in [-0.25, -0.2) is 4.52 Å². The number of aromatic nitrogens is 3. The van der Waals surface area contributed by atoms with Gasteiger partial charge in [0.15, 0.2) is 11.4 Å². The fourth-order valence-corrected chi connectivity index (χ4v) is 1.67. The van der Waals surface area contributed by atoms with Crippen molar-refractivity contribution >= 4 is 11.4 Å². The average molecular weight is 231 g/mol. The maximum absolute atomic E-state index is 11.4. The summed E-state index contributed by atoms with van der Waals surface area (Å²) in [6, 6.07) is 1.77. The summed E-state index contributed by atoms with van der Waals surface area (Å²) in [7, 11) is 0. The molecule has 3 rings (SSSR count). The zero-order valence-corrected chi connectivity index (χ0v) is 9.59. The van der Waals surface area contributed by atoms with Gasteiger partial charge in [-0.05, 0) is 25.7 Å². The highest BCUT2D eigenvalue weighted by Crippen LogP contribution is 2.29. The molecule has 0 unspecified atom stereocenters. The second kappa shape index (κ2) is 3.84. The molecule has 0 spiro atoms. The molecule has 2 aromatic rings. The first kappa shape index (κ1) is 10.3. The van der Waals surface area contributed by atoms with Crippen molar-refractivity contribution in [1.29, 1.82) is 0 Å². The van der Waals surface area contributed by atoms with Crippen molar-refractivity contribution in [3.63, 3.8) is 0 Å². The third-order valence-corrected chi connectivity index (χ3v) is 2.89. The summed E-state index contributed by atoms with van der Waals surface area (Å²) >= 11 is 0. The van der Waals surface area contributed by atoms with Crippen LogP contribution in [0.3, 0.4) is 0 Å². The van der Waals surface area contributed by atoms with Crippen LogP contribution in [-0.2, 0) is 0 Å². The highest BCUT2D eigenvalue weighted by atomic mass is 16.5. The molecule has 88 valence electrons. The molecule has 5 nitrogen and oxygen atoms in total. The fraction of sp³-hybridized carbons (Fsp3) is 0.417. The Morgan fingerprint density at radius 1 is 1.59 bits per heavy atom. The molecule has 1 aliphatic rings. The van der Waals surface area contributed by atoms with Crippen molar-refractivity contribution < 1.29 is 9.53 Å². The van der Waals surface area contributed by atoms with Crippen LogP contribution in [0.25, 0.3) is 5.65 Å². The van der Waals surface area contributed by atoms with Crippen molar-refractivity contribution in [3.05, 3.63) is 24.0 Å². The van der Waals surface area contributed by atoms with Gasteiger partial charge in [0, 0.05) is 12.3 Å². The summed E-state index contributed by atoms with van der Waals surface area (Å²) < 4.78 is 7.16. The van der Waals surface area contributed by atoms with Gasteiger partial charge in [-0.15, -0.1) is 0 Å². The van der Waals surface area contributed by atoms with Gasteiger partial charge in [0.1, 0.15) is 0 Å². The quantitative estimate of drug-likeness (QED) is 0.752. The van der Waals surface area contributed by atoms with Crippen molar-refractivity contribution in [2.75, 3.05) is 6.61 Å². The zero-order chi connectivity index (χ0) is 11.8. The zero-order valence-electron chi connectivity index (χ0n) is 9.59. The van der Waals surface area contributed by atoms with E-state index < -0.39 is 0 Å². The highest BCUT2D eigenvalue weighted by Gasteiger charge is 2.22. The van der Waals surface area contributed by atoms with E-state index in [9.17, 15) is 4.79 Å². The largest absolute Gasteiger partial charge is 0.477 e. The van der Waals surface area contributed by atoms with E-state index in [4.69, 9.17) is 4.74 Å². The number of rotatable bonds is 4. The lowest BCUT2D eigenvalue weighted by molar-refractivity contribution is 0.101. The predicted molar refractivity (Wildman–Crippen MR) is 61.2 cm³/mol. The molecule has 0 amide bonds. The van der Waals surface area contributed by atoms with Crippen molar-refractivity contribution in [2.24, 2.45) is 5.92 Å². The van der Waals surface area contributed by atoms with E-state index in [0.717, 1.165) is 0 Å². The van der Waals surface area contributed by atoms with Crippen LogP contribution in [0.15, 0.2) is 18.5 Å². The van der Waals surface area contributed by atoms with Gasteiger partial charge in [0.05, 0.1) is 18.4 Å². The van der Waals surface area contributed by atoms with Crippen LogP contribution in [-0.4, -0.2) is 27.0 Å². The Labute approximate surface area is 98.4 Å². The maximum atomic E-state index is 11.4. The van der Waals surface area contributed by atoms with E-state index in [1.807, 2.05) is 0 Å². The van der Waals surface area contributed by atoms with Gasteiger partial charge in [-0.1, -0.05) is 0 Å². The number of carbonyl (C=O) groups excluding carboxylic acids is 1. The van der Waals surface area contributed by atoms with E-state index in [1.54, 1.807) is 16.8 Å². The lowest BCUT2D eigenvalue weighted by Gasteiger charge is -2.04. The fourth-order valence-electron chi connectivity index (χ4n) is 1.67. The predicted octanol–water partition coefficient (Wildman–Crippen LogP) is 1.72. The first-order valence-electron chi connectivity index (χ1n) is 5.72. The van der Waals surface area contributed by atoms with E-state index in [1.165, 1.54) is 26.0 Å². The summed E-state index contributed by atoms with van der Waals surface area (Å²) in [4.78, 5) is 15.7. The molecule has 0 saturated heterocycles. The van der Waals surface area contributed by atoms with Crippen LogP contribution in [0, 0.1) is 5.92 Å². The van der Waals surface area contributed by atoms with Crippen molar-refractivity contribution in [2.45, 2.75) is 19.8 Å². The minimum Gasteiger partial charge on any atom is -0.477 e. The highest BCUT2D eigenvalue weighted by molar-refractivity contribution is 5.99. The monoisotopic (exact) mass is 231 g/mol. The van der Waals surface area contributed by atoms with Crippen LogP contribution in [0.5, 0.6) is 5.88 Å². The molecule has 2 aromatic heterocycles. The molecule has 0 aliphatic heterocycles. The molecule has 17 heavy (non-hydrogen) atoms. The third-order valence-electron chi connectivity index (χ3n) is 2.89. The van der Waals surface area contributed by atoms with E-state index in [-0.39, 0.29) is 5.78 Å². The number of ketones is 1. The number of Topliss-reactive ketones (excluding diaryl/α,β-unsaturated/α-hetero) is 1. The Kier molecular flexibility index (Phi) is 2.31. The lowest BCUT2D eigenvalue weighted by Crippen LogP contribution is -2.03. The molecule has 1 fully saturated rings. The van der Waals surface area contributed by atoms with E-state index in [2.05, 4.69) is 10.1 Å². The Bertz CT molecular complexity index is 572. The molecule has 0 aromatic carbocycles. The Balaban J connectivity index is 1.91. The number of hydrogen-bond donors (Lipinski definition) is 0. The first-order valence-corrected chi connectivity index (χ1v) is 5.72. The molecule has 2 heterocycles. The van der Waals surface area contributed by atoms with Crippen LogP contribution >= 0.6 is 0 Å². The van der Waals surface area contributed by atoms with Gasteiger partial charge >= 0.3 is 0 Å². The molecule has 0 atom stereocenters. The molecule has 0 bridgehead atoms. The summed E-state index contributed by atoms with van der Waals surface area (Å²) in [5.41, 5.74) is 1.09. The molecule has 5 heteroatoms. The molecule has 0 radical (unpaired) electrons. The Morgan fingerprint density at radius 3 is 3.12 bits per heavy atom. The minimum absolute atomic E-state index is 0.0353. The van der Waals surface area contributed by atoms with E-state index in [0.29, 0.717) is 29.6 Å². The Morgan fingerprint density at radius 2 is 2.41 bits per heavy atom. The first-order chi connectivity index (χ1) is 8.24. The van der Waals surface area contributed by atoms with Crippen LogP contribution in [0.1, 0.15) is 30.1 Å². The molecule has 1 saturated carbocycles. The lowest BCUT2D eigenvalue weighted by atomic mass is 10.2. The van der Waals surface area contributed by atoms with Gasteiger partial charge in [-0.2, -0.15) is 10.1 Å². The number of nitrogens with zero attached hydrogens (tertiary/aromatic N) is 3. The number of carbonyl (C=O) groups is 1. The minimum atomic E-state index is -0.0353. The average Bonchev–Trinajstić information content (AvgIpc) is 3.04. The van der Waals surface area contributed by atoms with Crippen molar-refractivity contribution in [3.8, 4) is 5.88 Å². The van der Waals surface area contributed by atoms with Gasteiger partial charge in [0.2, 0.25) is 5.88 Å². The van der Waals surface area contributed by atoms with Gasteiger partial charge in [-0.3, -0.25) is 4.79 Å². The second-order valence-corrected chi connectivity index (χ2v) is 4.40. The third kappa shape index (κ3) is 2.00.